The molecule has 76 valence electrons. The zero-order valence-electron chi connectivity index (χ0n) is 8.40. The fourth-order valence-electron chi connectivity index (χ4n) is 2.01. The van der Waals surface area contributed by atoms with Gasteiger partial charge in [-0.1, -0.05) is 0 Å². The molecule has 4 nitrogen and oxygen atoms in total. The van der Waals surface area contributed by atoms with Crippen molar-refractivity contribution in [1.29, 1.82) is 0 Å². The molecule has 0 radical (unpaired) electrons. The third kappa shape index (κ3) is 1.22. The fraction of sp³-hybridized carbons (Fsp3) is 0.600. The lowest BCUT2D eigenvalue weighted by molar-refractivity contribution is -0.145. The zero-order valence-corrected chi connectivity index (χ0v) is 8.40. The van der Waals surface area contributed by atoms with Crippen molar-refractivity contribution in [2.75, 3.05) is 0 Å². The van der Waals surface area contributed by atoms with Gasteiger partial charge in [-0.2, -0.15) is 0 Å². The van der Waals surface area contributed by atoms with Crippen LogP contribution < -0.4 is 0 Å². The van der Waals surface area contributed by atoms with Crippen LogP contribution in [0.15, 0.2) is 6.20 Å². The highest BCUT2D eigenvalue weighted by atomic mass is 16.4. The Morgan fingerprint density at radius 3 is 2.71 bits per heavy atom. The molecule has 1 aliphatic rings. The van der Waals surface area contributed by atoms with E-state index in [1.807, 2.05) is 18.5 Å². The molecule has 0 saturated heterocycles. The monoisotopic (exact) mass is 194 g/mol. The lowest BCUT2D eigenvalue weighted by Crippen LogP contribution is -2.32. The summed E-state index contributed by atoms with van der Waals surface area (Å²) in [5, 5.41) is 8.93. The number of aliphatic carboxylic acids is 1. The van der Waals surface area contributed by atoms with Gasteiger partial charge in [-0.3, -0.25) is 4.79 Å². The predicted octanol–water partition coefficient (Wildman–Crippen LogP) is 1.31. The molecule has 0 amide bonds. The molecule has 4 heteroatoms. The highest BCUT2D eigenvalue weighted by Crippen LogP contribution is 2.42. The van der Waals surface area contributed by atoms with Crippen LogP contribution in [-0.2, 0) is 11.8 Å². The fourth-order valence-corrected chi connectivity index (χ4v) is 2.01. The average molecular weight is 194 g/mol. The number of aromatic nitrogens is 2. The molecule has 0 spiro atoms. The summed E-state index contributed by atoms with van der Waals surface area (Å²) in [6.07, 6.45) is 3.56. The van der Waals surface area contributed by atoms with Gasteiger partial charge in [0.05, 0.1) is 5.92 Å². The molecule has 1 aromatic heterocycles. The van der Waals surface area contributed by atoms with Crippen molar-refractivity contribution in [3.05, 3.63) is 17.7 Å². The maximum atomic E-state index is 10.9. The van der Waals surface area contributed by atoms with Crippen molar-refractivity contribution in [1.82, 2.24) is 9.55 Å². The molecule has 2 atom stereocenters. The number of aryl methyl sites for hydroxylation is 1. The van der Waals surface area contributed by atoms with E-state index in [-0.39, 0.29) is 11.8 Å². The van der Waals surface area contributed by atoms with Crippen LogP contribution in [0.3, 0.4) is 0 Å². The topological polar surface area (TPSA) is 55.1 Å². The van der Waals surface area contributed by atoms with Crippen molar-refractivity contribution < 1.29 is 9.90 Å². The Labute approximate surface area is 82.6 Å². The molecule has 1 aromatic rings. The van der Waals surface area contributed by atoms with E-state index in [2.05, 4.69) is 4.98 Å². The van der Waals surface area contributed by atoms with Crippen molar-refractivity contribution in [3.63, 3.8) is 0 Å². The number of hydrogen-bond donors (Lipinski definition) is 1. The molecule has 2 rings (SSSR count). The molecular weight excluding hydrogens is 180 g/mol. The Balaban J connectivity index is 2.24. The van der Waals surface area contributed by atoms with Gasteiger partial charge in [0.1, 0.15) is 5.82 Å². The summed E-state index contributed by atoms with van der Waals surface area (Å²) in [5.41, 5.74) is 1.06. The molecule has 1 heterocycles. The normalized spacial score (nSPS) is 25.9. The van der Waals surface area contributed by atoms with Crippen LogP contribution in [0.5, 0.6) is 0 Å². The first-order chi connectivity index (χ1) is 6.61. The van der Waals surface area contributed by atoms with Crippen LogP contribution in [0.2, 0.25) is 0 Å². The van der Waals surface area contributed by atoms with Gasteiger partial charge < -0.3 is 9.67 Å². The molecule has 2 unspecified atom stereocenters. The van der Waals surface area contributed by atoms with Gasteiger partial charge in [-0.15, -0.1) is 0 Å². The number of imidazole rings is 1. The minimum absolute atomic E-state index is 0.165. The lowest BCUT2D eigenvalue weighted by atomic mass is 9.72. The van der Waals surface area contributed by atoms with Gasteiger partial charge >= 0.3 is 5.97 Å². The summed E-state index contributed by atoms with van der Waals surface area (Å²) in [6, 6.07) is 0. The first kappa shape index (κ1) is 9.24. The van der Waals surface area contributed by atoms with E-state index in [0.717, 1.165) is 24.4 Å². The highest BCUT2D eigenvalue weighted by molar-refractivity contribution is 5.72. The van der Waals surface area contributed by atoms with Gasteiger partial charge in [-0.25, -0.2) is 4.98 Å². The van der Waals surface area contributed by atoms with E-state index in [1.54, 1.807) is 6.20 Å². The molecule has 1 aliphatic carbocycles. The van der Waals surface area contributed by atoms with E-state index < -0.39 is 5.97 Å². The smallest absolute Gasteiger partial charge is 0.307 e. The van der Waals surface area contributed by atoms with Crippen LogP contribution >= 0.6 is 0 Å². The second-order valence-corrected chi connectivity index (χ2v) is 3.92. The molecule has 14 heavy (non-hydrogen) atoms. The minimum atomic E-state index is -0.680. The van der Waals surface area contributed by atoms with Crippen LogP contribution in [-0.4, -0.2) is 20.6 Å². The van der Waals surface area contributed by atoms with Crippen molar-refractivity contribution >= 4 is 5.97 Å². The van der Waals surface area contributed by atoms with Crippen LogP contribution in [0.25, 0.3) is 0 Å². The predicted molar refractivity (Wildman–Crippen MR) is 51.0 cm³/mol. The first-order valence-electron chi connectivity index (χ1n) is 4.82. The van der Waals surface area contributed by atoms with Gasteiger partial charge in [-0.05, 0) is 19.8 Å². The molecule has 0 aliphatic heterocycles. The minimum Gasteiger partial charge on any atom is -0.481 e. The summed E-state index contributed by atoms with van der Waals surface area (Å²) < 4.78 is 1.99. The Bertz CT molecular complexity index is 370. The molecule has 1 fully saturated rings. The summed E-state index contributed by atoms with van der Waals surface area (Å²) in [6.45, 7) is 1.93. The first-order valence-corrected chi connectivity index (χ1v) is 4.82. The summed E-state index contributed by atoms with van der Waals surface area (Å²) in [5.74, 6) is 0.222. The molecule has 0 aromatic carbocycles. The van der Waals surface area contributed by atoms with Crippen molar-refractivity contribution in [2.24, 2.45) is 13.0 Å². The quantitative estimate of drug-likeness (QED) is 0.772. The van der Waals surface area contributed by atoms with Gasteiger partial charge in [0.15, 0.2) is 0 Å². The van der Waals surface area contributed by atoms with Crippen LogP contribution in [0.4, 0.5) is 0 Å². The van der Waals surface area contributed by atoms with E-state index in [4.69, 9.17) is 5.11 Å². The maximum absolute atomic E-state index is 10.9. The highest BCUT2D eigenvalue weighted by Gasteiger charge is 2.39. The Morgan fingerprint density at radius 1 is 1.64 bits per heavy atom. The van der Waals surface area contributed by atoms with Gasteiger partial charge in [0.25, 0.3) is 0 Å². The van der Waals surface area contributed by atoms with Crippen LogP contribution in [0.1, 0.15) is 30.3 Å². The van der Waals surface area contributed by atoms with E-state index in [1.165, 1.54) is 0 Å². The number of nitrogens with zero attached hydrogens (tertiary/aromatic N) is 2. The number of carboxylic acids is 1. The SMILES string of the molecule is Cc1ncc(C2CCC2C(=O)O)n1C. The third-order valence-corrected chi connectivity index (χ3v) is 3.23. The van der Waals surface area contributed by atoms with Crippen molar-refractivity contribution in [2.45, 2.75) is 25.7 Å². The van der Waals surface area contributed by atoms with E-state index in [0.29, 0.717) is 0 Å². The van der Waals surface area contributed by atoms with Gasteiger partial charge in [0, 0.05) is 24.9 Å². The standard InChI is InChI=1S/C10H14N2O2/c1-6-11-5-9(12(6)2)7-3-4-8(7)10(13)14/h5,7-8H,3-4H2,1-2H3,(H,13,14). The largest absolute Gasteiger partial charge is 0.481 e. The second-order valence-electron chi connectivity index (χ2n) is 3.92. The molecule has 1 N–H and O–H groups in total. The van der Waals surface area contributed by atoms with Crippen LogP contribution in [0, 0.1) is 12.8 Å². The maximum Gasteiger partial charge on any atom is 0.307 e. The summed E-state index contributed by atoms with van der Waals surface area (Å²) in [7, 11) is 1.94. The molecule has 0 bridgehead atoms. The number of hydrogen-bond acceptors (Lipinski definition) is 2. The molecule has 1 saturated carbocycles. The Kier molecular flexibility index (Phi) is 2.06. The summed E-state index contributed by atoms with van der Waals surface area (Å²) in [4.78, 5) is 15.0. The zero-order chi connectivity index (χ0) is 10.3. The summed E-state index contributed by atoms with van der Waals surface area (Å²) >= 11 is 0. The number of carbonyl (C=O) groups is 1. The lowest BCUT2D eigenvalue weighted by Gasteiger charge is -2.33. The number of rotatable bonds is 2. The van der Waals surface area contributed by atoms with Gasteiger partial charge in [0.2, 0.25) is 0 Å². The van der Waals surface area contributed by atoms with Crippen molar-refractivity contribution in [3.8, 4) is 0 Å². The average Bonchev–Trinajstić information content (AvgIpc) is 2.33. The third-order valence-electron chi connectivity index (χ3n) is 3.23. The van der Waals surface area contributed by atoms with E-state index in [9.17, 15) is 4.79 Å². The Morgan fingerprint density at radius 2 is 2.36 bits per heavy atom. The molecular formula is C10H14N2O2. The Hall–Kier alpha value is -1.32. The second kappa shape index (κ2) is 3.12. The number of carboxylic acid groups (broad SMARTS) is 1. The van der Waals surface area contributed by atoms with E-state index >= 15 is 0 Å².